The van der Waals surface area contributed by atoms with Gasteiger partial charge in [-0.3, -0.25) is 4.79 Å². The zero-order valence-electron chi connectivity index (χ0n) is 16.0. The van der Waals surface area contributed by atoms with Crippen molar-refractivity contribution in [1.29, 1.82) is 0 Å². The first-order valence-corrected chi connectivity index (χ1v) is 9.58. The van der Waals surface area contributed by atoms with E-state index in [9.17, 15) is 4.79 Å². The summed E-state index contributed by atoms with van der Waals surface area (Å²) >= 11 is 0. The molecule has 0 bridgehead atoms. The maximum atomic E-state index is 12.3. The van der Waals surface area contributed by atoms with Crippen LogP contribution in [0.4, 0.5) is 0 Å². The normalized spacial score (nSPS) is 15.2. The van der Waals surface area contributed by atoms with Crippen LogP contribution in [0.3, 0.4) is 0 Å². The molecule has 0 aliphatic heterocycles. The van der Waals surface area contributed by atoms with E-state index in [1.165, 1.54) is 30.5 Å². The van der Waals surface area contributed by atoms with Crippen LogP contribution in [0, 0.1) is 0 Å². The van der Waals surface area contributed by atoms with Gasteiger partial charge in [0.15, 0.2) is 11.5 Å². The molecule has 1 aromatic heterocycles. The van der Waals surface area contributed by atoms with Gasteiger partial charge in [0.05, 0.1) is 13.7 Å². The van der Waals surface area contributed by atoms with Crippen LogP contribution in [0.15, 0.2) is 18.2 Å². The van der Waals surface area contributed by atoms with E-state index in [-0.39, 0.29) is 18.5 Å². The minimum absolute atomic E-state index is 0.0674. The summed E-state index contributed by atoms with van der Waals surface area (Å²) < 4.78 is 10.9. The number of amides is 1. The predicted molar refractivity (Wildman–Crippen MR) is 101 cm³/mol. The molecule has 2 aromatic rings. The molecule has 1 amide bonds. The lowest BCUT2D eigenvalue weighted by Gasteiger charge is -2.15. The monoisotopic (exact) mass is 373 g/mol. The number of nitrogens with zero attached hydrogens (tertiary/aromatic N) is 4. The highest BCUT2D eigenvalue weighted by molar-refractivity contribution is 5.75. The summed E-state index contributed by atoms with van der Waals surface area (Å²) in [7, 11) is 1.60. The van der Waals surface area contributed by atoms with Crippen LogP contribution in [0.25, 0.3) is 11.4 Å². The van der Waals surface area contributed by atoms with E-state index in [0.29, 0.717) is 23.9 Å². The number of tetrazole rings is 1. The molecule has 0 unspecified atom stereocenters. The number of carbonyl (C=O) groups excluding carboxylic acids is 1. The van der Waals surface area contributed by atoms with Gasteiger partial charge in [0.2, 0.25) is 11.7 Å². The number of hydrogen-bond acceptors (Lipinski definition) is 6. The number of rotatable bonds is 7. The Morgan fingerprint density at radius 1 is 1.22 bits per heavy atom. The highest BCUT2D eigenvalue weighted by Gasteiger charge is 2.16. The van der Waals surface area contributed by atoms with Gasteiger partial charge in [-0.25, -0.2) is 0 Å². The lowest BCUT2D eigenvalue weighted by Crippen LogP contribution is -2.37. The van der Waals surface area contributed by atoms with Crippen LogP contribution in [0.5, 0.6) is 11.5 Å². The molecule has 1 N–H and O–H groups in total. The molecule has 0 atom stereocenters. The van der Waals surface area contributed by atoms with Gasteiger partial charge in [0.25, 0.3) is 0 Å². The van der Waals surface area contributed by atoms with E-state index in [4.69, 9.17) is 9.47 Å². The minimum Gasteiger partial charge on any atom is -0.493 e. The third-order valence-electron chi connectivity index (χ3n) is 4.68. The van der Waals surface area contributed by atoms with Crippen LogP contribution in [-0.4, -0.2) is 45.9 Å². The van der Waals surface area contributed by atoms with E-state index >= 15 is 0 Å². The van der Waals surface area contributed by atoms with Gasteiger partial charge < -0.3 is 14.8 Å². The van der Waals surface area contributed by atoms with Crippen LogP contribution in [0.2, 0.25) is 0 Å². The average molecular weight is 373 g/mol. The zero-order valence-corrected chi connectivity index (χ0v) is 16.0. The van der Waals surface area contributed by atoms with E-state index in [1.54, 1.807) is 13.2 Å². The molecule has 1 aliphatic rings. The lowest BCUT2D eigenvalue weighted by molar-refractivity contribution is -0.122. The molecular formula is C19H27N5O3. The third kappa shape index (κ3) is 5.18. The van der Waals surface area contributed by atoms with Gasteiger partial charge in [-0.15, -0.1) is 10.2 Å². The average Bonchev–Trinajstić information content (AvgIpc) is 2.97. The smallest absolute Gasteiger partial charge is 0.243 e. The Bertz CT molecular complexity index is 754. The largest absolute Gasteiger partial charge is 0.493 e. The van der Waals surface area contributed by atoms with Crippen molar-refractivity contribution in [3.8, 4) is 22.9 Å². The van der Waals surface area contributed by atoms with E-state index in [2.05, 4.69) is 20.7 Å². The number of aromatic nitrogens is 4. The van der Waals surface area contributed by atoms with Crippen LogP contribution in [0.1, 0.15) is 45.4 Å². The second kappa shape index (κ2) is 9.34. The van der Waals surface area contributed by atoms with Crippen molar-refractivity contribution in [3.63, 3.8) is 0 Å². The summed E-state index contributed by atoms with van der Waals surface area (Å²) in [5.74, 6) is 1.65. The fourth-order valence-corrected chi connectivity index (χ4v) is 3.34. The molecule has 0 spiro atoms. The molecule has 1 saturated carbocycles. The van der Waals surface area contributed by atoms with Gasteiger partial charge in [0.1, 0.15) is 6.54 Å². The number of benzene rings is 1. The van der Waals surface area contributed by atoms with Gasteiger partial charge in [-0.1, -0.05) is 25.7 Å². The second-order valence-electron chi connectivity index (χ2n) is 6.70. The van der Waals surface area contributed by atoms with Crippen molar-refractivity contribution in [2.45, 2.75) is 58.0 Å². The molecule has 0 saturated heterocycles. The Morgan fingerprint density at radius 2 is 2.00 bits per heavy atom. The molecule has 1 fully saturated rings. The summed E-state index contributed by atoms with van der Waals surface area (Å²) in [6.07, 6.45) is 6.96. The maximum absolute atomic E-state index is 12.3. The Labute approximate surface area is 159 Å². The summed E-state index contributed by atoms with van der Waals surface area (Å²) in [5, 5.41) is 15.5. The standard InChI is InChI=1S/C19H27N5O3/c1-3-27-17-12-14(10-11-16(17)26-2)19-21-23-24(22-19)13-18(25)20-15-8-6-4-5-7-9-15/h10-12,15H,3-9,13H2,1-2H3,(H,20,25). The van der Waals surface area contributed by atoms with Crippen molar-refractivity contribution >= 4 is 5.91 Å². The Hall–Kier alpha value is -2.64. The van der Waals surface area contributed by atoms with Crippen molar-refractivity contribution in [1.82, 2.24) is 25.5 Å². The first-order valence-electron chi connectivity index (χ1n) is 9.58. The molecule has 3 rings (SSSR count). The molecule has 27 heavy (non-hydrogen) atoms. The second-order valence-corrected chi connectivity index (χ2v) is 6.70. The topological polar surface area (TPSA) is 91.2 Å². The maximum Gasteiger partial charge on any atom is 0.243 e. The Kier molecular flexibility index (Phi) is 6.62. The van der Waals surface area contributed by atoms with Crippen molar-refractivity contribution < 1.29 is 14.3 Å². The molecule has 1 heterocycles. The molecule has 8 nitrogen and oxygen atoms in total. The third-order valence-corrected chi connectivity index (χ3v) is 4.68. The van der Waals surface area contributed by atoms with Crippen molar-refractivity contribution in [2.75, 3.05) is 13.7 Å². The molecule has 8 heteroatoms. The number of carbonyl (C=O) groups is 1. The number of hydrogen-bond donors (Lipinski definition) is 1. The number of methoxy groups -OCH3 is 1. The van der Waals surface area contributed by atoms with Crippen LogP contribution in [-0.2, 0) is 11.3 Å². The molecule has 1 aliphatic carbocycles. The van der Waals surface area contributed by atoms with E-state index in [1.807, 2.05) is 19.1 Å². The Morgan fingerprint density at radius 3 is 2.70 bits per heavy atom. The van der Waals surface area contributed by atoms with Crippen LogP contribution < -0.4 is 14.8 Å². The fourth-order valence-electron chi connectivity index (χ4n) is 3.34. The summed E-state index contributed by atoms with van der Waals surface area (Å²) in [6.45, 7) is 2.51. The van der Waals surface area contributed by atoms with Gasteiger partial charge >= 0.3 is 0 Å². The van der Waals surface area contributed by atoms with Crippen LogP contribution >= 0.6 is 0 Å². The quantitative estimate of drug-likeness (QED) is 0.750. The summed E-state index contributed by atoms with van der Waals surface area (Å²) in [5.41, 5.74) is 0.759. The predicted octanol–water partition coefficient (Wildman–Crippen LogP) is 2.59. The molecule has 1 aromatic carbocycles. The fraction of sp³-hybridized carbons (Fsp3) is 0.579. The summed E-state index contributed by atoms with van der Waals surface area (Å²) in [6, 6.07) is 5.72. The molecular weight excluding hydrogens is 346 g/mol. The van der Waals surface area contributed by atoms with Gasteiger partial charge in [-0.05, 0) is 43.2 Å². The minimum atomic E-state index is -0.0735. The molecule has 146 valence electrons. The highest BCUT2D eigenvalue weighted by atomic mass is 16.5. The van der Waals surface area contributed by atoms with Gasteiger partial charge in [-0.2, -0.15) is 4.80 Å². The first kappa shape index (κ1) is 19.1. The lowest BCUT2D eigenvalue weighted by atomic mass is 10.1. The SMILES string of the molecule is CCOc1cc(-c2nnn(CC(=O)NC3CCCCCC3)n2)ccc1OC. The Balaban J connectivity index is 1.64. The van der Waals surface area contributed by atoms with Crippen molar-refractivity contribution in [2.24, 2.45) is 0 Å². The highest BCUT2D eigenvalue weighted by Crippen LogP contribution is 2.31. The number of ether oxygens (including phenoxy) is 2. The van der Waals surface area contributed by atoms with Gasteiger partial charge in [0, 0.05) is 11.6 Å². The first-order chi connectivity index (χ1) is 13.2. The van der Waals surface area contributed by atoms with E-state index < -0.39 is 0 Å². The molecule has 0 radical (unpaired) electrons. The van der Waals surface area contributed by atoms with Crippen molar-refractivity contribution in [3.05, 3.63) is 18.2 Å². The number of nitrogens with one attached hydrogen (secondary N) is 1. The zero-order chi connectivity index (χ0) is 19.1. The summed E-state index contributed by atoms with van der Waals surface area (Å²) in [4.78, 5) is 13.6. The van der Waals surface area contributed by atoms with E-state index in [0.717, 1.165) is 18.4 Å².